The quantitative estimate of drug-likeness (QED) is 0.402. The number of nitrogens with zero attached hydrogens (tertiary/aromatic N) is 2. The van der Waals surface area contributed by atoms with E-state index in [9.17, 15) is 9.59 Å². The molecule has 4 aliphatic rings. The Hall–Kier alpha value is -3.09. The summed E-state index contributed by atoms with van der Waals surface area (Å²) in [5, 5.41) is 11.0. The van der Waals surface area contributed by atoms with Crippen molar-refractivity contribution >= 4 is 18.0 Å². The van der Waals surface area contributed by atoms with Crippen molar-refractivity contribution in [3.8, 4) is 5.88 Å². The zero-order valence-electron chi connectivity index (χ0n) is 23.9. The molecule has 0 saturated heterocycles. The summed E-state index contributed by atoms with van der Waals surface area (Å²) in [7, 11) is 0. The minimum atomic E-state index is -0.599. The second kappa shape index (κ2) is 11.6. The van der Waals surface area contributed by atoms with Crippen LogP contribution in [0.5, 0.6) is 5.88 Å². The van der Waals surface area contributed by atoms with Crippen LogP contribution in [0.3, 0.4) is 0 Å². The standard InChI is InChI=1S/C32H44N4O3/c1-21(2)20-39-31-27(30(38)34-29-25-15-23-14-24(17-25)18-26(29)16-23)19-33-36(31)13-12-32(3,4)35-28(37)11-10-22-8-6-5-7-9-22/h5-9,12-13,19,21,23-26,29H,10-11,14-18,20H2,1-4H3,(H,34,38)(H,35,37)/b13-12+. The van der Waals surface area contributed by atoms with E-state index in [1.807, 2.05) is 50.3 Å². The van der Waals surface area contributed by atoms with Crippen molar-refractivity contribution in [2.75, 3.05) is 6.61 Å². The molecule has 39 heavy (non-hydrogen) atoms. The lowest BCUT2D eigenvalue weighted by Crippen LogP contribution is -2.55. The molecule has 2 N–H and O–H groups in total. The molecule has 7 heteroatoms. The van der Waals surface area contributed by atoms with Crippen molar-refractivity contribution in [1.82, 2.24) is 20.4 Å². The Morgan fingerprint density at radius 2 is 1.74 bits per heavy atom. The minimum absolute atomic E-state index is 0.0130. The molecule has 0 aliphatic heterocycles. The van der Waals surface area contributed by atoms with Crippen LogP contribution in [0, 0.1) is 29.6 Å². The molecule has 0 spiro atoms. The van der Waals surface area contributed by atoms with Gasteiger partial charge >= 0.3 is 0 Å². The number of carbonyl (C=O) groups is 2. The smallest absolute Gasteiger partial charge is 0.258 e. The number of hydrogen-bond donors (Lipinski definition) is 2. The number of nitrogens with one attached hydrogen (secondary N) is 2. The summed E-state index contributed by atoms with van der Waals surface area (Å²) < 4.78 is 7.75. The van der Waals surface area contributed by atoms with Crippen LogP contribution in [-0.2, 0) is 11.2 Å². The highest BCUT2D eigenvalue weighted by Crippen LogP contribution is 2.53. The zero-order valence-corrected chi connectivity index (χ0v) is 23.9. The van der Waals surface area contributed by atoms with E-state index in [2.05, 4.69) is 29.6 Å². The third-order valence-corrected chi connectivity index (χ3v) is 8.65. The van der Waals surface area contributed by atoms with Crippen molar-refractivity contribution in [3.05, 3.63) is 53.7 Å². The first-order chi connectivity index (χ1) is 18.7. The SMILES string of the molecule is CC(C)COc1c(C(=O)NC2C3CC4CC(C3)CC2C4)cnn1/C=C/C(C)(C)NC(=O)CCc1ccccc1. The second-order valence-corrected chi connectivity index (χ2v) is 13.0. The van der Waals surface area contributed by atoms with Crippen LogP contribution in [0.4, 0.5) is 0 Å². The van der Waals surface area contributed by atoms with Gasteiger partial charge in [0.2, 0.25) is 11.8 Å². The van der Waals surface area contributed by atoms with Crippen molar-refractivity contribution in [2.24, 2.45) is 29.6 Å². The van der Waals surface area contributed by atoms with Gasteiger partial charge in [0.1, 0.15) is 5.56 Å². The zero-order chi connectivity index (χ0) is 27.6. The third-order valence-electron chi connectivity index (χ3n) is 8.65. The molecule has 210 valence electrons. The number of aryl methyl sites for hydroxylation is 1. The Balaban J connectivity index is 1.25. The fraction of sp³-hybridized carbons (Fsp3) is 0.594. The fourth-order valence-electron chi connectivity index (χ4n) is 7.02. The summed E-state index contributed by atoms with van der Waals surface area (Å²) in [5.41, 5.74) is 1.01. The number of amides is 2. The van der Waals surface area contributed by atoms with E-state index in [1.165, 1.54) is 32.1 Å². The monoisotopic (exact) mass is 532 g/mol. The number of carbonyl (C=O) groups excluding carboxylic acids is 2. The third kappa shape index (κ3) is 6.74. The highest BCUT2D eigenvalue weighted by Gasteiger charge is 2.48. The van der Waals surface area contributed by atoms with Crippen molar-refractivity contribution in [2.45, 2.75) is 84.2 Å². The first-order valence-corrected chi connectivity index (χ1v) is 14.7. The van der Waals surface area contributed by atoms with Gasteiger partial charge in [-0.15, -0.1) is 0 Å². The van der Waals surface area contributed by atoms with E-state index in [1.54, 1.807) is 17.1 Å². The molecule has 0 radical (unpaired) electrons. The Morgan fingerprint density at radius 3 is 2.38 bits per heavy atom. The van der Waals surface area contributed by atoms with Gasteiger partial charge in [-0.05, 0) is 93.6 Å². The van der Waals surface area contributed by atoms with E-state index in [-0.39, 0.29) is 17.9 Å². The predicted octanol–water partition coefficient (Wildman–Crippen LogP) is 5.47. The van der Waals surface area contributed by atoms with Crippen LogP contribution in [0.25, 0.3) is 6.20 Å². The maximum Gasteiger partial charge on any atom is 0.258 e. The summed E-state index contributed by atoms with van der Waals surface area (Å²) in [6.07, 6.45) is 12.8. The summed E-state index contributed by atoms with van der Waals surface area (Å²) in [6, 6.07) is 10.3. The van der Waals surface area contributed by atoms with Gasteiger partial charge in [-0.1, -0.05) is 44.2 Å². The van der Waals surface area contributed by atoms with Crippen LogP contribution >= 0.6 is 0 Å². The highest BCUT2D eigenvalue weighted by molar-refractivity contribution is 5.96. The van der Waals surface area contributed by atoms with E-state index in [4.69, 9.17) is 4.74 Å². The molecule has 0 unspecified atom stereocenters. The molecule has 1 heterocycles. The molecule has 0 atom stereocenters. The van der Waals surface area contributed by atoms with Crippen molar-refractivity contribution in [1.29, 1.82) is 0 Å². The van der Waals surface area contributed by atoms with Gasteiger partial charge in [0.15, 0.2) is 0 Å². The van der Waals surface area contributed by atoms with Crippen LogP contribution in [0.1, 0.15) is 82.1 Å². The molecule has 7 nitrogen and oxygen atoms in total. The Kier molecular flexibility index (Phi) is 8.15. The van der Waals surface area contributed by atoms with Crippen LogP contribution < -0.4 is 15.4 Å². The molecule has 4 fully saturated rings. The maximum atomic E-state index is 13.5. The summed E-state index contributed by atoms with van der Waals surface area (Å²) >= 11 is 0. The van der Waals surface area contributed by atoms with Gasteiger partial charge in [0.05, 0.1) is 18.3 Å². The molecule has 2 amide bonds. The molecule has 6 rings (SSSR count). The topological polar surface area (TPSA) is 85.2 Å². The van der Waals surface area contributed by atoms with Crippen LogP contribution in [0.15, 0.2) is 42.6 Å². The molecule has 2 aromatic rings. The summed E-state index contributed by atoms with van der Waals surface area (Å²) in [6.45, 7) is 8.54. The number of rotatable bonds is 11. The van der Waals surface area contributed by atoms with E-state index in [0.717, 1.165) is 17.4 Å². The van der Waals surface area contributed by atoms with Gasteiger partial charge in [-0.2, -0.15) is 5.10 Å². The Bertz CT molecular complexity index is 1160. The number of aromatic nitrogens is 2. The number of ether oxygens (including phenoxy) is 1. The van der Waals surface area contributed by atoms with Crippen LogP contribution in [0.2, 0.25) is 0 Å². The number of hydrogen-bond acceptors (Lipinski definition) is 4. The van der Waals surface area contributed by atoms with E-state index in [0.29, 0.717) is 48.6 Å². The average molecular weight is 533 g/mol. The molecule has 4 saturated carbocycles. The molecular weight excluding hydrogens is 488 g/mol. The maximum absolute atomic E-state index is 13.5. The van der Waals surface area contributed by atoms with Gasteiger partial charge in [0.25, 0.3) is 5.91 Å². The Morgan fingerprint density at radius 1 is 1.08 bits per heavy atom. The first-order valence-electron chi connectivity index (χ1n) is 14.7. The lowest BCUT2D eigenvalue weighted by atomic mass is 9.54. The number of benzene rings is 1. The lowest BCUT2D eigenvalue weighted by Gasteiger charge is -2.54. The second-order valence-electron chi connectivity index (χ2n) is 13.0. The summed E-state index contributed by atoms with van der Waals surface area (Å²) in [4.78, 5) is 26.2. The molecular formula is C32H44N4O3. The fourth-order valence-corrected chi connectivity index (χ4v) is 7.02. The normalized spacial score (nSPS) is 25.8. The molecule has 1 aromatic carbocycles. The van der Waals surface area contributed by atoms with E-state index < -0.39 is 5.54 Å². The molecule has 1 aromatic heterocycles. The van der Waals surface area contributed by atoms with Gasteiger partial charge in [0, 0.05) is 18.7 Å². The molecule has 4 bridgehead atoms. The van der Waals surface area contributed by atoms with Crippen molar-refractivity contribution in [3.63, 3.8) is 0 Å². The van der Waals surface area contributed by atoms with E-state index >= 15 is 0 Å². The minimum Gasteiger partial charge on any atom is -0.477 e. The summed E-state index contributed by atoms with van der Waals surface area (Å²) in [5.74, 6) is 3.57. The van der Waals surface area contributed by atoms with Crippen molar-refractivity contribution < 1.29 is 14.3 Å². The van der Waals surface area contributed by atoms with Crippen LogP contribution in [-0.4, -0.2) is 39.8 Å². The lowest BCUT2D eigenvalue weighted by molar-refractivity contribution is -0.122. The predicted molar refractivity (Wildman–Crippen MR) is 153 cm³/mol. The van der Waals surface area contributed by atoms with Gasteiger partial charge in [-0.25, -0.2) is 4.68 Å². The average Bonchev–Trinajstić information content (AvgIpc) is 3.30. The van der Waals surface area contributed by atoms with Gasteiger partial charge < -0.3 is 15.4 Å². The first kappa shape index (κ1) is 27.5. The highest BCUT2D eigenvalue weighted by atomic mass is 16.5. The largest absolute Gasteiger partial charge is 0.477 e. The molecule has 4 aliphatic carbocycles. The van der Waals surface area contributed by atoms with Gasteiger partial charge in [-0.3, -0.25) is 9.59 Å². The Labute approximate surface area is 232 Å².